The van der Waals surface area contributed by atoms with E-state index in [2.05, 4.69) is 0 Å². The Morgan fingerprint density at radius 2 is 1.83 bits per heavy atom. The maximum atomic E-state index is 10.0. The van der Waals surface area contributed by atoms with Gasteiger partial charge in [-0.05, 0) is 58.2 Å². The fourth-order valence-corrected chi connectivity index (χ4v) is 3.31. The average Bonchev–Trinajstić information content (AvgIpc) is 2.70. The molecule has 1 saturated heterocycles. The van der Waals surface area contributed by atoms with Crippen LogP contribution in [0.2, 0.25) is 0 Å². The number of benzene rings is 1. The molecule has 3 rings (SSSR count). The van der Waals surface area contributed by atoms with E-state index in [0.717, 1.165) is 23.2 Å². The lowest BCUT2D eigenvalue weighted by Crippen LogP contribution is -2.42. The largest absolute Gasteiger partial charge is 0.498 e. The zero-order chi connectivity index (χ0) is 17.0. The minimum absolute atomic E-state index is 0.0502. The highest BCUT2D eigenvalue weighted by Crippen LogP contribution is 2.39. The van der Waals surface area contributed by atoms with Crippen LogP contribution in [0.5, 0.6) is 5.75 Å². The van der Waals surface area contributed by atoms with E-state index < -0.39 is 18.3 Å². The molecule has 1 atom stereocenters. The molecule has 0 unspecified atom stereocenters. The molecule has 1 N–H and O–H groups in total. The van der Waals surface area contributed by atoms with Gasteiger partial charge in [-0.2, -0.15) is 5.06 Å². The molecule has 1 aromatic rings. The molecule has 5 nitrogen and oxygen atoms in total. The van der Waals surface area contributed by atoms with Crippen LogP contribution in [0.4, 0.5) is 0 Å². The highest BCUT2D eigenvalue weighted by Gasteiger charge is 2.53. The molecule has 0 saturated carbocycles. The highest BCUT2D eigenvalue weighted by molar-refractivity contribution is 6.63. The lowest BCUT2D eigenvalue weighted by atomic mass is 9.71. The van der Waals surface area contributed by atoms with Gasteiger partial charge >= 0.3 is 7.12 Å². The van der Waals surface area contributed by atoms with Crippen molar-refractivity contribution in [1.29, 1.82) is 0 Å². The molecule has 6 heteroatoms. The maximum Gasteiger partial charge on any atom is 0.498 e. The van der Waals surface area contributed by atoms with Crippen molar-refractivity contribution in [2.75, 3.05) is 13.7 Å². The molecule has 2 aliphatic heterocycles. The summed E-state index contributed by atoms with van der Waals surface area (Å²) in [4.78, 5) is 0. The fourth-order valence-electron chi connectivity index (χ4n) is 3.31. The highest BCUT2D eigenvalue weighted by atomic mass is 16.7. The van der Waals surface area contributed by atoms with Gasteiger partial charge in [0, 0.05) is 12.0 Å². The third-order valence-electron chi connectivity index (χ3n) is 5.55. The number of hydrogen-bond acceptors (Lipinski definition) is 5. The predicted molar refractivity (Wildman–Crippen MR) is 89.3 cm³/mol. The first-order valence-electron chi connectivity index (χ1n) is 8.19. The Labute approximate surface area is 138 Å². The van der Waals surface area contributed by atoms with Gasteiger partial charge in [-0.3, -0.25) is 0 Å². The molecule has 0 radical (unpaired) electrons. The van der Waals surface area contributed by atoms with E-state index in [-0.39, 0.29) is 6.04 Å². The van der Waals surface area contributed by atoms with Crippen LogP contribution in [0.1, 0.15) is 51.8 Å². The van der Waals surface area contributed by atoms with Crippen molar-refractivity contribution in [3.05, 3.63) is 23.3 Å². The van der Waals surface area contributed by atoms with Crippen molar-refractivity contribution >= 4 is 12.6 Å². The second-order valence-electron chi connectivity index (χ2n) is 7.43. The van der Waals surface area contributed by atoms with E-state index in [1.54, 1.807) is 7.11 Å². The van der Waals surface area contributed by atoms with E-state index in [4.69, 9.17) is 14.0 Å². The van der Waals surface area contributed by atoms with E-state index in [1.165, 1.54) is 10.6 Å². The lowest BCUT2D eigenvalue weighted by molar-refractivity contribution is -0.127. The van der Waals surface area contributed by atoms with Crippen molar-refractivity contribution in [2.24, 2.45) is 0 Å². The Bertz CT molecular complexity index is 601. The maximum absolute atomic E-state index is 10.0. The van der Waals surface area contributed by atoms with E-state index >= 15 is 0 Å². The predicted octanol–water partition coefficient (Wildman–Crippen LogP) is 2.30. The zero-order valence-corrected chi connectivity index (χ0v) is 14.8. The van der Waals surface area contributed by atoms with E-state index in [1.807, 2.05) is 46.8 Å². The molecular formula is C17H26BNO4. The van der Waals surface area contributed by atoms with Crippen LogP contribution in [-0.2, 0) is 15.7 Å². The number of hydroxylamine groups is 2. The van der Waals surface area contributed by atoms with Gasteiger partial charge in [0.05, 0.1) is 24.4 Å². The summed E-state index contributed by atoms with van der Waals surface area (Å²) in [6.45, 7) is 10.8. The molecule has 0 aromatic heterocycles. The summed E-state index contributed by atoms with van der Waals surface area (Å²) in [5, 5.41) is 11.4. The normalized spacial score (nSPS) is 26.2. The second-order valence-corrected chi connectivity index (χ2v) is 7.43. The summed E-state index contributed by atoms with van der Waals surface area (Å²) in [6, 6.07) is 3.91. The molecule has 0 spiro atoms. The second kappa shape index (κ2) is 5.48. The quantitative estimate of drug-likeness (QED) is 0.848. The number of fused-ring (bicyclic) bond motifs is 1. The van der Waals surface area contributed by atoms with Crippen molar-refractivity contribution in [1.82, 2.24) is 5.06 Å². The third kappa shape index (κ3) is 2.58. The Balaban J connectivity index is 2.09. The van der Waals surface area contributed by atoms with Crippen molar-refractivity contribution in [3.63, 3.8) is 0 Å². The van der Waals surface area contributed by atoms with Crippen LogP contribution in [0.15, 0.2) is 12.1 Å². The topological polar surface area (TPSA) is 51.2 Å². The summed E-state index contributed by atoms with van der Waals surface area (Å²) in [6.07, 6.45) is 0.743. The Kier molecular flexibility index (Phi) is 4.00. The summed E-state index contributed by atoms with van der Waals surface area (Å²) >= 11 is 0. The van der Waals surface area contributed by atoms with Crippen molar-refractivity contribution < 1.29 is 19.3 Å². The molecule has 0 amide bonds. The third-order valence-corrected chi connectivity index (χ3v) is 5.55. The molecule has 1 aromatic carbocycles. The molecule has 2 aliphatic rings. The molecule has 0 bridgehead atoms. The van der Waals surface area contributed by atoms with Crippen molar-refractivity contribution in [2.45, 2.75) is 58.3 Å². The van der Waals surface area contributed by atoms with Crippen LogP contribution in [-0.4, -0.2) is 42.2 Å². The number of nitrogens with zero attached hydrogens (tertiary/aromatic N) is 1. The van der Waals surface area contributed by atoms with Gasteiger partial charge in [0.2, 0.25) is 0 Å². The van der Waals surface area contributed by atoms with Gasteiger partial charge < -0.3 is 19.3 Å². The van der Waals surface area contributed by atoms with E-state index in [9.17, 15) is 5.21 Å². The standard InChI is InChI=1S/C17H26BNO4/c1-11-12-7-8-14(21-6)15(13(12)9-10-19(11)20)18-22-16(2,3)17(4,5)23-18/h7-8,11,20H,9-10H2,1-6H3/t11-/m1/s1. The Hall–Kier alpha value is -1.08. The van der Waals surface area contributed by atoms with Gasteiger partial charge in [-0.15, -0.1) is 0 Å². The number of methoxy groups -OCH3 is 1. The fraction of sp³-hybridized carbons (Fsp3) is 0.647. The first-order chi connectivity index (χ1) is 10.7. The van der Waals surface area contributed by atoms with Crippen LogP contribution in [0.25, 0.3) is 0 Å². The average molecular weight is 319 g/mol. The van der Waals surface area contributed by atoms with Gasteiger partial charge in [0.1, 0.15) is 5.75 Å². The SMILES string of the molecule is COc1ccc2c(c1B1OC(C)(C)C(C)(C)O1)CCN(O)[C@@H]2C. The summed E-state index contributed by atoms with van der Waals surface area (Å²) in [5.74, 6) is 0.779. The molecule has 23 heavy (non-hydrogen) atoms. The smallest absolute Gasteiger partial charge is 0.497 e. The zero-order valence-electron chi connectivity index (χ0n) is 14.8. The first-order valence-corrected chi connectivity index (χ1v) is 8.19. The minimum atomic E-state index is -0.456. The summed E-state index contributed by atoms with van der Waals surface area (Å²) < 4.78 is 18.1. The van der Waals surface area contributed by atoms with Crippen LogP contribution >= 0.6 is 0 Å². The monoisotopic (exact) mass is 319 g/mol. The lowest BCUT2D eigenvalue weighted by Gasteiger charge is -2.32. The Morgan fingerprint density at radius 1 is 1.22 bits per heavy atom. The van der Waals surface area contributed by atoms with Gasteiger partial charge in [-0.25, -0.2) is 0 Å². The summed E-state index contributed by atoms with van der Waals surface area (Å²) in [5.41, 5.74) is 2.44. The molecule has 0 aliphatic carbocycles. The van der Waals surface area contributed by atoms with Crippen LogP contribution < -0.4 is 10.2 Å². The molecule has 2 heterocycles. The Morgan fingerprint density at radius 3 is 2.39 bits per heavy atom. The van der Waals surface area contributed by atoms with Crippen LogP contribution in [0.3, 0.4) is 0 Å². The first kappa shape index (κ1) is 16.8. The molecule has 1 fully saturated rings. The number of ether oxygens (including phenoxy) is 1. The minimum Gasteiger partial charge on any atom is -0.497 e. The van der Waals surface area contributed by atoms with Gasteiger partial charge in [0.15, 0.2) is 0 Å². The number of hydrogen-bond donors (Lipinski definition) is 1. The van der Waals surface area contributed by atoms with E-state index in [0.29, 0.717) is 6.54 Å². The van der Waals surface area contributed by atoms with Gasteiger partial charge in [0.25, 0.3) is 0 Å². The van der Waals surface area contributed by atoms with Gasteiger partial charge in [-0.1, -0.05) is 6.07 Å². The summed E-state index contributed by atoms with van der Waals surface area (Å²) in [7, 11) is 1.21. The molecular weight excluding hydrogens is 293 g/mol. The number of rotatable bonds is 2. The van der Waals surface area contributed by atoms with Crippen molar-refractivity contribution in [3.8, 4) is 5.75 Å². The molecule has 126 valence electrons. The van der Waals surface area contributed by atoms with Crippen LogP contribution in [0, 0.1) is 0 Å².